The number of fused-ring (bicyclic) bond motifs is 6. The molecule has 8 aromatic carbocycles. The normalized spacial score (nSPS) is 11.6. The molecule has 0 amide bonds. The number of aromatic nitrogens is 2. The van der Waals surface area contributed by atoms with E-state index in [2.05, 4.69) is 158 Å². The Balaban J connectivity index is 1.10. The van der Waals surface area contributed by atoms with Gasteiger partial charge in [0.15, 0.2) is 5.82 Å². The largest absolute Gasteiger partial charge is 0.455 e. The van der Waals surface area contributed by atoms with E-state index in [1.165, 1.54) is 25.7 Å². The van der Waals surface area contributed by atoms with Gasteiger partial charge in [0.25, 0.3) is 0 Å². The number of thiophene rings is 1. The third-order valence-electron chi connectivity index (χ3n) is 10.7. The zero-order chi connectivity index (χ0) is 37.0. The van der Waals surface area contributed by atoms with Crippen molar-refractivity contribution in [1.82, 2.24) is 9.97 Å². The van der Waals surface area contributed by atoms with Crippen molar-refractivity contribution in [3.05, 3.63) is 194 Å². The quantitative estimate of drug-likeness (QED) is 0.171. The molecule has 11 aromatic rings. The van der Waals surface area contributed by atoms with Crippen molar-refractivity contribution in [3.63, 3.8) is 0 Å². The van der Waals surface area contributed by atoms with Gasteiger partial charge in [0.05, 0.1) is 11.4 Å². The molecule has 0 unspecified atom stereocenters. The Labute approximate surface area is 327 Å². The standard InChI is InChI=1S/C52H32N2OS/c1-3-13-35(14-4-1)46-32-47(54-52(53-46)36-15-5-2-6-16-36)39-30-37(29-38(31-39)41-20-12-22-45-43-18-8-10-24-49(43)56-51(41)45)33-25-27-34(28-26-33)40-19-11-21-44-42-17-7-9-23-48(42)55-50(40)44/h1-32H. The van der Waals surface area contributed by atoms with Gasteiger partial charge in [-0.15, -0.1) is 11.3 Å². The number of hydrogen-bond donors (Lipinski definition) is 0. The van der Waals surface area contributed by atoms with Crippen LogP contribution >= 0.6 is 11.3 Å². The van der Waals surface area contributed by atoms with E-state index in [1.807, 2.05) is 47.7 Å². The molecule has 0 bridgehead atoms. The van der Waals surface area contributed by atoms with E-state index in [9.17, 15) is 0 Å². The SMILES string of the molecule is c1ccc(-c2cc(-c3cc(-c4ccc(-c5cccc6c5oc5ccccc56)cc4)cc(-c4cccc5c4sc4ccccc45)c3)nc(-c3ccccc3)n2)cc1. The van der Waals surface area contributed by atoms with E-state index in [1.54, 1.807) is 0 Å². The maximum atomic E-state index is 6.41. The van der Waals surface area contributed by atoms with Crippen LogP contribution in [0, 0.1) is 0 Å². The lowest BCUT2D eigenvalue weighted by Crippen LogP contribution is -1.96. The highest BCUT2D eigenvalue weighted by Gasteiger charge is 2.17. The summed E-state index contributed by atoms with van der Waals surface area (Å²) in [7, 11) is 0. The predicted octanol–water partition coefficient (Wildman–Crippen LogP) is 14.7. The molecule has 0 spiro atoms. The van der Waals surface area contributed by atoms with Crippen molar-refractivity contribution in [2.24, 2.45) is 0 Å². The second-order valence-electron chi connectivity index (χ2n) is 14.1. The van der Waals surface area contributed by atoms with E-state index < -0.39 is 0 Å². The minimum Gasteiger partial charge on any atom is -0.455 e. The molecule has 0 radical (unpaired) electrons. The zero-order valence-corrected chi connectivity index (χ0v) is 31.0. The summed E-state index contributed by atoms with van der Waals surface area (Å²) in [6.07, 6.45) is 0. The van der Waals surface area contributed by atoms with Gasteiger partial charge in [0, 0.05) is 53.2 Å². The lowest BCUT2D eigenvalue weighted by molar-refractivity contribution is 0.670. The Morgan fingerprint density at radius 3 is 1.75 bits per heavy atom. The number of rotatable bonds is 6. The van der Waals surface area contributed by atoms with Crippen molar-refractivity contribution in [3.8, 4) is 67.3 Å². The molecule has 0 atom stereocenters. The molecule has 0 aliphatic heterocycles. The van der Waals surface area contributed by atoms with Crippen LogP contribution in [0.2, 0.25) is 0 Å². The first-order valence-electron chi connectivity index (χ1n) is 18.8. The van der Waals surface area contributed by atoms with Crippen LogP contribution in [-0.4, -0.2) is 9.97 Å². The Bertz CT molecular complexity index is 3180. The molecular weight excluding hydrogens is 701 g/mol. The molecule has 3 heterocycles. The van der Waals surface area contributed by atoms with Crippen molar-refractivity contribution >= 4 is 53.4 Å². The minimum atomic E-state index is 0.699. The highest BCUT2D eigenvalue weighted by molar-refractivity contribution is 7.26. The minimum absolute atomic E-state index is 0.699. The van der Waals surface area contributed by atoms with Crippen LogP contribution in [0.4, 0.5) is 0 Å². The predicted molar refractivity (Wildman–Crippen MR) is 235 cm³/mol. The lowest BCUT2D eigenvalue weighted by Gasteiger charge is -2.14. The molecule has 0 saturated carbocycles. The summed E-state index contributed by atoms with van der Waals surface area (Å²) in [4.78, 5) is 10.3. The Hall–Kier alpha value is -7.14. The van der Waals surface area contributed by atoms with Gasteiger partial charge in [-0.1, -0.05) is 158 Å². The van der Waals surface area contributed by atoms with Crippen molar-refractivity contribution in [2.45, 2.75) is 0 Å². The highest BCUT2D eigenvalue weighted by Crippen LogP contribution is 2.43. The fourth-order valence-corrected chi connectivity index (χ4v) is 9.20. The van der Waals surface area contributed by atoms with E-state index >= 15 is 0 Å². The van der Waals surface area contributed by atoms with Gasteiger partial charge in [0.1, 0.15) is 11.2 Å². The van der Waals surface area contributed by atoms with Crippen molar-refractivity contribution in [2.75, 3.05) is 0 Å². The smallest absolute Gasteiger partial charge is 0.160 e. The Morgan fingerprint density at radius 2 is 0.946 bits per heavy atom. The van der Waals surface area contributed by atoms with E-state index in [0.717, 1.165) is 77.8 Å². The first kappa shape index (κ1) is 32.3. The van der Waals surface area contributed by atoms with Crippen LogP contribution in [0.5, 0.6) is 0 Å². The monoisotopic (exact) mass is 732 g/mol. The summed E-state index contributed by atoms with van der Waals surface area (Å²) in [5.41, 5.74) is 13.4. The van der Waals surface area contributed by atoms with Gasteiger partial charge >= 0.3 is 0 Å². The second-order valence-corrected chi connectivity index (χ2v) is 15.2. The molecular formula is C52H32N2OS. The number of benzene rings is 8. The molecule has 262 valence electrons. The van der Waals surface area contributed by atoms with Crippen LogP contribution in [0.15, 0.2) is 199 Å². The van der Waals surface area contributed by atoms with Gasteiger partial charge in [0.2, 0.25) is 0 Å². The number of nitrogens with zero attached hydrogens (tertiary/aromatic N) is 2. The zero-order valence-electron chi connectivity index (χ0n) is 30.2. The van der Waals surface area contributed by atoms with Crippen LogP contribution in [0.25, 0.3) is 109 Å². The highest BCUT2D eigenvalue weighted by atomic mass is 32.1. The summed E-state index contributed by atoms with van der Waals surface area (Å²) in [5.74, 6) is 0.699. The van der Waals surface area contributed by atoms with E-state index in [0.29, 0.717) is 5.82 Å². The second kappa shape index (κ2) is 13.3. The number of para-hydroxylation sites is 2. The lowest BCUT2D eigenvalue weighted by atomic mass is 9.93. The van der Waals surface area contributed by atoms with Gasteiger partial charge < -0.3 is 4.42 Å². The summed E-state index contributed by atoms with van der Waals surface area (Å²) in [6, 6.07) is 68.6. The maximum absolute atomic E-state index is 6.41. The molecule has 56 heavy (non-hydrogen) atoms. The van der Waals surface area contributed by atoms with Crippen LogP contribution < -0.4 is 0 Å². The molecule has 3 aromatic heterocycles. The molecule has 0 aliphatic carbocycles. The average molecular weight is 733 g/mol. The van der Waals surface area contributed by atoms with Gasteiger partial charge in [-0.2, -0.15) is 0 Å². The summed E-state index contributed by atoms with van der Waals surface area (Å²) in [5, 5.41) is 4.83. The maximum Gasteiger partial charge on any atom is 0.160 e. The fourth-order valence-electron chi connectivity index (χ4n) is 7.96. The third kappa shape index (κ3) is 5.58. The molecule has 0 saturated heterocycles. The van der Waals surface area contributed by atoms with Gasteiger partial charge in [-0.25, -0.2) is 9.97 Å². The number of furan rings is 1. The molecule has 11 rings (SSSR count). The third-order valence-corrected chi connectivity index (χ3v) is 11.9. The molecule has 0 N–H and O–H groups in total. The summed E-state index contributed by atoms with van der Waals surface area (Å²) in [6.45, 7) is 0. The first-order chi connectivity index (χ1) is 27.7. The Kier molecular flexibility index (Phi) is 7.68. The fraction of sp³-hybridized carbons (Fsp3) is 0. The molecule has 0 fully saturated rings. The summed E-state index contributed by atoms with van der Waals surface area (Å²) >= 11 is 1.85. The summed E-state index contributed by atoms with van der Waals surface area (Å²) < 4.78 is 8.98. The van der Waals surface area contributed by atoms with Gasteiger partial charge in [-0.05, 0) is 64.2 Å². The molecule has 4 heteroatoms. The van der Waals surface area contributed by atoms with Gasteiger partial charge in [-0.3, -0.25) is 0 Å². The van der Waals surface area contributed by atoms with E-state index in [-0.39, 0.29) is 0 Å². The molecule has 3 nitrogen and oxygen atoms in total. The van der Waals surface area contributed by atoms with Crippen LogP contribution in [0.1, 0.15) is 0 Å². The van der Waals surface area contributed by atoms with Crippen LogP contribution in [-0.2, 0) is 0 Å². The van der Waals surface area contributed by atoms with Crippen LogP contribution in [0.3, 0.4) is 0 Å². The Morgan fingerprint density at radius 1 is 0.357 bits per heavy atom. The number of hydrogen-bond acceptors (Lipinski definition) is 4. The van der Waals surface area contributed by atoms with E-state index in [4.69, 9.17) is 14.4 Å². The first-order valence-corrected chi connectivity index (χ1v) is 19.6. The molecule has 0 aliphatic rings. The van der Waals surface area contributed by atoms with Crippen molar-refractivity contribution in [1.29, 1.82) is 0 Å². The van der Waals surface area contributed by atoms with Crippen molar-refractivity contribution < 1.29 is 4.42 Å². The topological polar surface area (TPSA) is 38.9 Å². The average Bonchev–Trinajstić information content (AvgIpc) is 3.86.